The molecule has 3 rings (SSSR count). The topological polar surface area (TPSA) is 58.6 Å². The fourth-order valence-corrected chi connectivity index (χ4v) is 3.62. The normalized spacial score (nSPS) is 23.3. The van der Waals surface area contributed by atoms with Crippen LogP contribution in [-0.4, -0.2) is 29.8 Å². The second kappa shape index (κ2) is 6.13. The first kappa shape index (κ1) is 14.5. The van der Waals surface area contributed by atoms with Gasteiger partial charge in [0.15, 0.2) is 0 Å². The van der Waals surface area contributed by atoms with Crippen LogP contribution in [0.3, 0.4) is 0 Å². The highest BCUT2D eigenvalue weighted by Crippen LogP contribution is 2.29. The van der Waals surface area contributed by atoms with Crippen molar-refractivity contribution in [2.45, 2.75) is 38.1 Å². The molecule has 1 aromatic heterocycles. The zero-order valence-corrected chi connectivity index (χ0v) is 12.7. The molecule has 0 radical (unpaired) electrons. The molecule has 0 spiro atoms. The van der Waals surface area contributed by atoms with E-state index in [2.05, 4.69) is 5.32 Å². The molecule has 3 unspecified atom stereocenters. The highest BCUT2D eigenvalue weighted by atomic mass is 32.1. The van der Waals surface area contributed by atoms with E-state index < -0.39 is 6.10 Å². The Kier molecular flexibility index (Phi) is 4.24. The van der Waals surface area contributed by atoms with Crippen LogP contribution in [0.5, 0.6) is 0 Å². The van der Waals surface area contributed by atoms with Crippen molar-refractivity contribution in [2.24, 2.45) is 0 Å². The standard InChI is InChI=1S/C16H19NO3S/c1-10-6-7-13(20-10)16(19)17-9-12(18)15-8-11-4-2-3-5-14(11)21-15/h2-5,8,10,12-13,18H,6-7,9H2,1H3,(H,17,19). The summed E-state index contributed by atoms with van der Waals surface area (Å²) >= 11 is 1.56. The number of carbonyl (C=O) groups is 1. The van der Waals surface area contributed by atoms with Crippen LogP contribution >= 0.6 is 11.3 Å². The van der Waals surface area contributed by atoms with Gasteiger partial charge in [-0.1, -0.05) is 18.2 Å². The molecule has 4 nitrogen and oxygen atoms in total. The zero-order chi connectivity index (χ0) is 14.8. The third-order valence-corrected chi connectivity index (χ3v) is 4.98. The van der Waals surface area contributed by atoms with Crippen LogP contribution in [-0.2, 0) is 9.53 Å². The number of carbonyl (C=O) groups excluding carboxylic acids is 1. The number of amides is 1. The Morgan fingerprint density at radius 3 is 3.00 bits per heavy atom. The first-order chi connectivity index (χ1) is 10.1. The number of aliphatic hydroxyl groups is 1. The van der Waals surface area contributed by atoms with Gasteiger partial charge in [-0.15, -0.1) is 11.3 Å². The maximum atomic E-state index is 12.0. The highest BCUT2D eigenvalue weighted by molar-refractivity contribution is 7.19. The number of ether oxygens (including phenoxy) is 1. The van der Waals surface area contributed by atoms with Crippen LogP contribution < -0.4 is 5.32 Å². The highest BCUT2D eigenvalue weighted by Gasteiger charge is 2.28. The van der Waals surface area contributed by atoms with Gasteiger partial charge in [0, 0.05) is 16.1 Å². The van der Waals surface area contributed by atoms with Crippen molar-refractivity contribution in [2.75, 3.05) is 6.54 Å². The Balaban J connectivity index is 1.58. The lowest BCUT2D eigenvalue weighted by Crippen LogP contribution is -2.36. The Morgan fingerprint density at radius 2 is 2.29 bits per heavy atom. The molecule has 1 aliphatic heterocycles. The summed E-state index contributed by atoms with van der Waals surface area (Å²) in [6.45, 7) is 2.19. The number of hydrogen-bond acceptors (Lipinski definition) is 4. The second-order valence-corrected chi connectivity index (χ2v) is 6.58. The van der Waals surface area contributed by atoms with Crippen molar-refractivity contribution in [3.05, 3.63) is 35.2 Å². The van der Waals surface area contributed by atoms with E-state index in [-0.39, 0.29) is 24.7 Å². The summed E-state index contributed by atoms with van der Waals surface area (Å²) in [5.74, 6) is -0.125. The second-order valence-electron chi connectivity index (χ2n) is 5.46. The molecule has 0 saturated carbocycles. The van der Waals surface area contributed by atoms with Crippen molar-refractivity contribution >= 4 is 27.3 Å². The molecule has 1 fully saturated rings. The molecule has 5 heteroatoms. The Bertz CT molecular complexity index is 606. The van der Waals surface area contributed by atoms with Gasteiger partial charge in [-0.3, -0.25) is 4.79 Å². The largest absolute Gasteiger partial charge is 0.386 e. The average molecular weight is 305 g/mol. The van der Waals surface area contributed by atoms with Gasteiger partial charge in [-0.25, -0.2) is 0 Å². The molecule has 1 saturated heterocycles. The lowest BCUT2D eigenvalue weighted by atomic mass is 10.2. The Hall–Kier alpha value is -1.43. The van der Waals surface area contributed by atoms with Gasteiger partial charge in [-0.05, 0) is 37.3 Å². The average Bonchev–Trinajstić information content (AvgIpc) is 3.10. The number of nitrogens with one attached hydrogen (secondary N) is 1. The molecule has 1 aromatic carbocycles. The van der Waals surface area contributed by atoms with Crippen molar-refractivity contribution in [1.29, 1.82) is 0 Å². The van der Waals surface area contributed by atoms with Crippen LogP contribution in [0.4, 0.5) is 0 Å². The van der Waals surface area contributed by atoms with Gasteiger partial charge in [0.25, 0.3) is 0 Å². The molecule has 3 atom stereocenters. The van der Waals surface area contributed by atoms with Crippen molar-refractivity contribution in [3.8, 4) is 0 Å². The monoisotopic (exact) mass is 305 g/mol. The smallest absolute Gasteiger partial charge is 0.249 e. The van der Waals surface area contributed by atoms with E-state index in [1.807, 2.05) is 37.3 Å². The van der Waals surface area contributed by atoms with Crippen LogP contribution in [0.25, 0.3) is 10.1 Å². The van der Waals surface area contributed by atoms with Crippen LogP contribution in [0.2, 0.25) is 0 Å². The predicted octanol–water partition coefficient (Wildman–Crippen LogP) is 2.62. The Morgan fingerprint density at radius 1 is 1.48 bits per heavy atom. The van der Waals surface area contributed by atoms with E-state index >= 15 is 0 Å². The fourth-order valence-electron chi connectivity index (χ4n) is 2.57. The zero-order valence-electron chi connectivity index (χ0n) is 11.9. The van der Waals surface area contributed by atoms with Gasteiger partial charge in [0.1, 0.15) is 12.2 Å². The maximum absolute atomic E-state index is 12.0. The maximum Gasteiger partial charge on any atom is 0.249 e. The van der Waals surface area contributed by atoms with Crippen molar-refractivity contribution < 1.29 is 14.6 Å². The van der Waals surface area contributed by atoms with Crippen molar-refractivity contribution in [3.63, 3.8) is 0 Å². The number of hydrogen-bond donors (Lipinski definition) is 2. The number of benzene rings is 1. The van der Waals surface area contributed by atoms with E-state index in [4.69, 9.17) is 4.74 Å². The summed E-state index contributed by atoms with van der Waals surface area (Å²) < 4.78 is 6.66. The summed E-state index contributed by atoms with van der Waals surface area (Å²) in [6, 6.07) is 9.99. The first-order valence-corrected chi connectivity index (χ1v) is 8.05. The van der Waals surface area contributed by atoms with Crippen molar-refractivity contribution in [1.82, 2.24) is 5.32 Å². The summed E-state index contributed by atoms with van der Waals surface area (Å²) in [5.41, 5.74) is 0. The van der Waals surface area contributed by atoms with Gasteiger partial charge >= 0.3 is 0 Å². The minimum absolute atomic E-state index is 0.125. The van der Waals surface area contributed by atoms with Gasteiger partial charge in [-0.2, -0.15) is 0 Å². The molecule has 112 valence electrons. The molecule has 2 heterocycles. The third-order valence-electron chi connectivity index (χ3n) is 3.77. The van der Waals surface area contributed by atoms with E-state index in [9.17, 15) is 9.90 Å². The molecule has 21 heavy (non-hydrogen) atoms. The lowest BCUT2D eigenvalue weighted by Gasteiger charge is -2.14. The van der Waals surface area contributed by atoms with Crippen LogP contribution in [0, 0.1) is 0 Å². The number of fused-ring (bicyclic) bond motifs is 1. The van der Waals surface area contributed by atoms with Crippen LogP contribution in [0.15, 0.2) is 30.3 Å². The lowest BCUT2D eigenvalue weighted by molar-refractivity contribution is -0.132. The predicted molar refractivity (Wildman–Crippen MR) is 83.4 cm³/mol. The molecular formula is C16H19NO3S. The van der Waals surface area contributed by atoms with Gasteiger partial charge < -0.3 is 15.2 Å². The first-order valence-electron chi connectivity index (χ1n) is 7.23. The van der Waals surface area contributed by atoms with Gasteiger partial charge in [0.2, 0.25) is 5.91 Å². The third kappa shape index (κ3) is 3.26. The summed E-state index contributed by atoms with van der Waals surface area (Å²) in [6.07, 6.45) is 0.774. The molecule has 1 amide bonds. The SMILES string of the molecule is CC1CCC(C(=O)NCC(O)c2cc3ccccc3s2)O1. The number of rotatable bonds is 4. The van der Waals surface area contributed by atoms with Crippen LogP contribution in [0.1, 0.15) is 30.7 Å². The minimum Gasteiger partial charge on any atom is -0.386 e. The molecule has 2 aromatic rings. The van der Waals surface area contributed by atoms with E-state index in [0.717, 1.165) is 27.8 Å². The molecule has 1 aliphatic rings. The number of aliphatic hydroxyl groups excluding tert-OH is 1. The van der Waals surface area contributed by atoms with E-state index in [1.54, 1.807) is 11.3 Å². The molecule has 2 N–H and O–H groups in total. The number of thiophene rings is 1. The van der Waals surface area contributed by atoms with E-state index in [1.165, 1.54) is 0 Å². The summed E-state index contributed by atoms with van der Waals surface area (Å²) in [7, 11) is 0. The summed E-state index contributed by atoms with van der Waals surface area (Å²) in [4.78, 5) is 12.8. The molecular weight excluding hydrogens is 286 g/mol. The minimum atomic E-state index is -0.676. The quantitative estimate of drug-likeness (QED) is 0.913. The van der Waals surface area contributed by atoms with Gasteiger partial charge in [0.05, 0.1) is 6.10 Å². The fraction of sp³-hybridized carbons (Fsp3) is 0.438. The molecule has 0 bridgehead atoms. The Labute approximate surface area is 127 Å². The van der Waals surface area contributed by atoms with E-state index in [0.29, 0.717) is 0 Å². The summed E-state index contributed by atoms with van der Waals surface area (Å²) in [5, 5.41) is 14.1. The molecule has 0 aliphatic carbocycles.